The van der Waals surface area contributed by atoms with Crippen molar-refractivity contribution in [3.63, 3.8) is 0 Å². The second-order valence-electron chi connectivity index (χ2n) is 4.08. The van der Waals surface area contributed by atoms with Crippen molar-refractivity contribution in [3.05, 3.63) is 11.6 Å². The number of hydrogen-bond donors (Lipinski definition) is 1. The topological polar surface area (TPSA) is 26.0 Å². The summed E-state index contributed by atoms with van der Waals surface area (Å²) in [6, 6.07) is 0. The molecule has 0 fully saturated rings. The van der Waals surface area contributed by atoms with E-state index < -0.39 is 0 Å². The van der Waals surface area contributed by atoms with Crippen molar-refractivity contribution in [3.8, 4) is 0 Å². The first-order valence-corrected chi connectivity index (χ1v) is 5.52. The van der Waals surface area contributed by atoms with Gasteiger partial charge in [0.15, 0.2) is 0 Å². The van der Waals surface area contributed by atoms with Crippen LogP contribution in [0.1, 0.15) is 52.9 Å². The van der Waals surface area contributed by atoms with Gasteiger partial charge in [-0.1, -0.05) is 31.4 Å². The van der Waals surface area contributed by atoms with Gasteiger partial charge in [-0.15, -0.1) is 0 Å². The minimum Gasteiger partial charge on any atom is -0.330 e. The van der Waals surface area contributed by atoms with Gasteiger partial charge < -0.3 is 5.73 Å². The second-order valence-corrected chi connectivity index (χ2v) is 4.08. The normalized spacial score (nSPS) is 14.6. The van der Waals surface area contributed by atoms with E-state index in [4.69, 9.17) is 5.73 Å². The molecule has 0 amide bonds. The molecule has 78 valence electrons. The lowest BCUT2D eigenvalue weighted by Crippen LogP contribution is -2.10. The Morgan fingerprint density at radius 2 is 2.00 bits per heavy atom. The molecule has 0 rings (SSSR count). The second kappa shape index (κ2) is 8.31. The third-order valence-electron chi connectivity index (χ3n) is 2.66. The molecular weight excluding hydrogens is 158 g/mol. The van der Waals surface area contributed by atoms with Crippen LogP contribution >= 0.6 is 0 Å². The maximum atomic E-state index is 5.55. The van der Waals surface area contributed by atoms with E-state index in [9.17, 15) is 0 Å². The summed E-state index contributed by atoms with van der Waals surface area (Å²) in [5.74, 6) is 0.711. The monoisotopic (exact) mass is 183 g/mol. The number of rotatable bonds is 7. The summed E-state index contributed by atoms with van der Waals surface area (Å²) in [5, 5.41) is 0. The van der Waals surface area contributed by atoms with Crippen LogP contribution in [0, 0.1) is 5.92 Å². The average Bonchev–Trinajstić information content (AvgIpc) is 2.16. The van der Waals surface area contributed by atoms with Gasteiger partial charge in [0.25, 0.3) is 0 Å². The summed E-state index contributed by atoms with van der Waals surface area (Å²) in [6.45, 7) is 7.40. The SMILES string of the molecule is C/C=C(\C)CCCCCC(C)CN. The van der Waals surface area contributed by atoms with Gasteiger partial charge >= 0.3 is 0 Å². The molecule has 1 atom stereocenters. The average molecular weight is 183 g/mol. The third-order valence-corrected chi connectivity index (χ3v) is 2.66. The Kier molecular flexibility index (Phi) is 8.11. The molecule has 0 saturated heterocycles. The van der Waals surface area contributed by atoms with E-state index in [0.29, 0.717) is 5.92 Å². The summed E-state index contributed by atoms with van der Waals surface area (Å²) in [4.78, 5) is 0. The molecule has 0 aliphatic heterocycles. The maximum Gasteiger partial charge on any atom is -0.00515 e. The van der Waals surface area contributed by atoms with E-state index in [1.807, 2.05) is 0 Å². The highest BCUT2D eigenvalue weighted by Gasteiger charge is 1.98. The lowest BCUT2D eigenvalue weighted by Gasteiger charge is -2.07. The number of allylic oxidation sites excluding steroid dienone is 2. The Bertz CT molecular complexity index is 138. The first-order valence-electron chi connectivity index (χ1n) is 5.52. The molecule has 2 N–H and O–H groups in total. The molecule has 0 spiro atoms. The van der Waals surface area contributed by atoms with Crippen molar-refractivity contribution < 1.29 is 0 Å². The quantitative estimate of drug-likeness (QED) is 0.474. The number of nitrogens with two attached hydrogens (primary N) is 1. The van der Waals surface area contributed by atoms with Gasteiger partial charge in [0.1, 0.15) is 0 Å². The Morgan fingerprint density at radius 1 is 1.31 bits per heavy atom. The molecule has 1 nitrogen and oxygen atoms in total. The highest BCUT2D eigenvalue weighted by atomic mass is 14.5. The highest BCUT2D eigenvalue weighted by molar-refractivity contribution is 4.94. The van der Waals surface area contributed by atoms with Crippen molar-refractivity contribution in [2.75, 3.05) is 6.54 Å². The van der Waals surface area contributed by atoms with E-state index in [0.717, 1.165) is 6.54 Å². The Labute approximate surface area is 83.4 Å². The third kappa shape index (κ3) is 8.04. The van der Waals surface area contributed by atoms with E-state index in [2.05, 4.69) is 26.8 Å². The van der Waals surface area contributed by atoms with Crippen LogP contribution in [-0.4, -0.2) is 6.54 Å². The van der Waals surface area contributed by atoms with Gasteiger partial charge in [0.05, 0.1) is 0 Å². The standard InChI is InChI=1S/C12H25N/c1-4-11(2)8-6-5-7-9-12(3)10-13/h4,12H,5-10,13H2,1-3H3/b11-4+. The highest BCUT2D eigenvalue weighted by Crippen LogP contribution is 2.12. The molecule has 1 heteroatoms. The molecule has 0 radical (unpaired) electrons. The first-order chi connectivity index (χ1) is 6.20. The van der Waals surface area contributed by atoms with Crippen molar-refractivity contribution in [1.82, 2.24) is 0 Å². The molecular formula is C12H25N. The minimum atomic E-state index is 0.711. The minimum absolute atomic E-state index is 0.711. The fourth-order valence-electron chi connectivity index (χ4n) is 1.34. The molecule has 0 bridgehead atoms. The first kappa shape index (κ1) is 12.7. The van der Waals surface area contributed by atoms with E-state index in [1.165, 1.54) is 37.7 Å². The smallest absolute Gasteiger partial charge is 0.00515 e. The van der Waals surface area contributed by atoms with Gasteiger partial charge in [-0.2, -0.15) is 0 Å². The lowest BCUT2D eigenvalue weighted by atomic mass is 10.0. The van der Waals surface area contributed by atoms with Crippen LogP contribution in [0.4, 0.5) is 0 Å². The number of unbranched alkanes of at least 4 members (excludes halogenated alkanes) is 2. The van der Waals surface area contributed by atoms with Gasteiger partial charge in [-0.3, -0.25) is 0 Å². The molecule has 0 aromatic carbocycles. The van der Waals surface area contributed by atoms with Crippen LogP contribution in [0.5, 0.6) is 0 Å². The fraction of sp³-hybridized carbons (Fsp3) is 0.833. The van der Waals surface area contributed by atoms with Crippen molar-refractivity contribution in [2.45, 2.75) is 52.9 Å². The van der Waals surface area contributed by atoms with Gasteiger partial charge in [0.2, 0.25) is 0 Å². The fourth-order valence-corrected chi connectivity index (χ4v) is 1.34. The zero-order valence-electron chi connectivity index (χ0n) is 9.47. The molecule has 13 heavy (non-hydrogen) atoms. The maximum absolute atomic E-state index is 5.55. The summed E-state index contributed by atoms with van der Waals surface area (Å²) in [5.41, 5.74) is 7.07. The van der Waals surface area contributed by atoms with Gasteiger partial charge in [0, 0.05) is 0 Å². The Morgan fingerprint density at radius 3 is 2.54 bits per heavy atom. The Hall–Kier alpha value is -0.300. The lowest BCUT2D eigenvalue weighted by molar-refractivity contribution is 0.499. The zero-order chi connectivity index (χ0) is 10.1. The van der Waals surface area contributed by atoms with Crippen LogP contribution in [0.15, 0.2) is 11.6 Å². The van der Waals surface area contributed by atoms with Crippen LogP contribution in [0.2, 0.25) is 0 Å². The molecule has 0 aromatic heterocycles. The van der Waals surface area contributed by atoms with E-state index >= 15 is 0 Å². The predicted molar refractivity (Wildman–Crippen MR) is 60.7 cm³/mol. The van der Waals surface area contributed by atoms with Crippen LogP contribution in [-0.2, 0) is 0 Å². The largest absolute Gasteiger partial charge is 0.330 e. The van der Waals surface area contributed by atoms with Crippen LogP contribution < -0.4 is 5.73 Å². The summed E-state index contributed by atoms with van der Waals surface area (Å²) in [6.07, 6.45) is 8.82. The van der Waals surface area contributed by atoms with Gasteiger partial charge in [-0.05, 0) is 45.6 Å². The summed E-state index contributed by atoms with van der Waals surface area (Å²) >= 11 is 0. The zero-order valence-corrected chi connectivity index (χ0v) is 9.47. The van der Waals surface area contributed by atoms with Crippen LogP contribution in [0.3, 0.4) is 0 Å². The molecule has 0 aromatic rings. The molecule has 1 unspecified atom stereocenters. The van der Waals surface area contributed by atoms with E-state index in [1.54, 1.807) is 0 Å². The van der Waals surface area contributed by atoms with Crippen LogP contribution in [0.25, 0.3) is 0 Å². The summed E-state index contributed by atoms with van der Waals surface area (Å²) < 4.78 is 0. The molecule has 0 saturated carbocycles. The number of hydrogen-bond acceptors (Lipinski definition) is 1. The van der Waals surface area contributed by atoms with Crippen molar-refractivity contribution >= 4 is 0 Å². The van der Waals surface area contributed by atoms with Crippen molar-refractivity contribution in [2.24, 2.45) is 11.7 Å². The molecule has 0 aliphatic carbocycles. The molecule has 0 aliphatic rings. The van der Waals surface area contributed by atoms with Gasteiger partial charge in [-0.25, -0.2) is 0 Å². The Balaban J connectivity index is 3.17. The van der Waals surface area contributed by atoms with Crippen molar-refractivity contribution in [1.29, 1.82) is 0 Å². The molecule has 0 heterocycles. The van der Waals surface area contributed by atoms with E-state index in [-0.39, 0.29) is 0 Å². The predicted octanol–water partition coefficient (Wildman–Crippen LogP) is 3.50. The summed E-state index contributed by atoms with van der Waals surface area (Å²) in [7, 11) is 0.